The van der Waals surface area contributed by atoms with Gasteiger partial charge in [0.25, 0.3) is 5.91 Å². The van der Waals surface area contributed by atoms with Crippen molar-refractivity contribution >= 4 is 33.3 Å². The molecule has 0 aromatic carbocycles. The van der Waals surface area contributed by atoms with Crippen LogP contribution in [0.2, 0.25) is 0 Å². The van der Waals surface area contributed by atoms with Gasteiger partial charge in [-0.25, -0.2) is 9.97 Å². The molecule has 2 aliphatic rings. The second kappa shape index (κ2) is 8.57. The maximum absolute atomic E-state index is 13.1. The van der Waals surface area contributed by atoms with Gasteiger partial charge in [-0.1, -0.05) is 11.6 Å². The molecule has 3 heterocycles. The maximum atomic E-state index is 13.1. The van der Waals surface area contributed by atoms with E-state index in [2.05, 4.69) is 21.4 Å². The van der Waals surface area contributed by atoms with Crippen LogP contribution in [0.1, 0.15) is 53.8 Å². The van der Waals surface area contributed by atoms with Crippen LogP contribution in [0.4, 0.5) is 5.82 Å². The van der Waals surface area contributed by atoms with E-state index in [1.807, 2.05) is 18.9 Å². The number of ether oxygens (including phenoxy) is 1. The number of nitrogens with zero attached hydrogens (tertiary/aromatic N) is 3. The Labute approximate surface area is 170 Å². The topological polar surface area (TPSA) is 67.4 Å². The van der Waals surface area contributed by atoms with Crippen LogP contribution in [-0.4, -0.2) is 53.6 Å². The smallest absolute Gasteiger partial charge is 0.264 e. The first-order chi connectivity index (χ1) is 13.6. The van der Waals surface area contributed by atoms with E-state index in [0.29, 0.717) is 6.61 Å². The highest BCUT2D eigenvalue weighted by Gasteiger charge is 2.28. The van der Waals surface area contributed by atoms with Gasteiger partial charge in [0.15, 0.2) is 0 Å². The lowest BCUT2D eigenvalue weighted by Crippen LogP contribution is -2.37. The lowest BCUT2D eigenvalue weighted by molar-refractivity contribution is 0.0715. The number of carbonyl (C=O) groups excluding carboxylic acids is 1. The van der Waals surface area contributed by atoms with E-state index in [0.717, 1.165) is 52.5 Å². The lowest BCUT2D eigenvalue weighted by atomic mass is 9.97. The molecule has 0 radical (unpaired) electrons. The van der Waals surface area contributed by atoms with Gasteiger partial charge in [0, 0.05) is 20.2 Å². The monoisotopic (exact) mass is 400 g/mol. The highest BCUT2D eigenvalue weighted by molar-refractivity contribution is 7.20. The normalized spacial score (nSPS) is 19.6. The number of aromatic nitrogens is 2. The summed E-state index contributed by atoms with van der Waals surface area (Å²) in [6, 6.07) is 0.157. The summed E-state index contributed by atoms with van der Waals surface area (Å²) in [5.41, 5.74) is 2.51. The minimum atomic E-state index is 0.0503. The van der Waals surface area contributed by atoms with Crippen LogP contribution in [0, 0.1) is 6.92 Å². The van der Waals surface area contributed by atoms with Crippen LogP contribution in [0.15, 0.2) is 18.0 Å². The second-order valence-electron chi connectivity index (χ2n) is 7.68. The molecule has 150 valence electrons. The van der Waals surface area contributed by atoms with Crippen molar-refractivity contribution in [3.8, 4) is 0 Å². The third kappa shape index (κ3) is 3.91. The van der Waals surface area contributed by atoms with Crippen molar-refractivity contribution in [2.75, 3.05) is 32.1 Å². The van der Waals surface area contributed by atoms with Gasteiger partial charge in [-0.3, -0.25) is 4.79 Å². The molecule has 28 heavy (non-hydrogen) atoms. The Bertz CT molecular complexity index is 886. The van der Waals surface area contributed by atoms with Gasteiger partial charge in [-0.05, 0) is 51.0 Å². The number of hydrogen-bond acceptors (Lipinski definition) is 6. The average Bonchev–Trinajstić information content (AvgIpc) is 3.37. The fourth-order valence-corrected chi connectivity index (χ4v) is 5.17. The van der Waals surface area contributed by atoms with Crippen LogP contribution in [-0.2, 0) is 4.74 Å². The first-order valence-electron chi connectivity index (χ1n) is 10.2. The molecule has 1 aliphatic heterocycles. The second-order valence-corrected chi connectivity index (χ2v) is 8.68. The van der Waals surface area contributed by atoms with E-state index >= 15 is 0 Å². The van der Waals surface area contributed by atoms with E-state index in [9.17, 15) is 4.79 Å². The van der Waals surface area contributed by atoms with Crippen molar-refractivity contribution in [2.24, 2.45) is 0 Å². The molecule has 2 aromatic heterocycles. The van der Waals surface area contributed by atoms with Crippen molar-refractivity contribution in [2.45, 2.75) is 51.5 Å². The number of thiophene rings is 1. The predicted molar refractivity (Wildman–Crippen MR) is 113 cm³/mol. The number of rotatable bonds is 6. The lowest BCUT2D eigenvalue weighted by Gasteiger charge is -2.22. The Hall–Kier alpha value is -1.99. The van der Waals surface area contributed by atoms with Crippen LogP contribution < -0.4 is 5.32 Å². The molecule has 1 atom stereocenters. The molecule has 1 saturated heterocycles. The number of anilines is 1. The molecule has 1 amide bonds. The number of carbonyl (C=O) groups is 1. The Balaban J connectivity index is 1.52. The molecule has 6 nitrogen and oxygen atoms in total. The quantitative estimate of drug-likeness (QED) is 0.738. The van der Waals surface area contributed by atoms with Crippen molar-refractivity contribution in [1.29, 1.82) is 0 Å². The molecule has 1 N–H and O–H groups in total. The molecular formula is C21H28N4O2S. The van der Waals surface area contributed by atoms with Gasteiger partial charge < -0.3 is 15.0 Å². The number of fused-ring (bicyclic) bond motifs is 1. The van der Waals surface area contributed by atoms with Gasteiger partial charge in [-0.15, -0.1) is 11.3 Å². The highest BCUT2D eigenvalue weighted by Crippen LogP contribution is 2.34. The van der Waals surface area contributed by atoms with Gasteiger partial charge in [0.2, 0.25) is 0 Å². The van der Waals surface area contributed by atoms with Crippen LogP contribution in [0.5, 0.6) is 0 Å². The van der Waals surface area contributed by atoms with Crippen molar-refractivity contribution in [3.63, 3.8) is 0 Å². The van der Waals surface area contributed by atoms with E-state index in [-0.39, 0.29) is 11.9 Å². The summed E-state index contributed by atoms with van der Waals surface area (Å²) in [6.45, 7) is 4.21. The summed E-state index contributed by atoms with van der Waals surface area (Å²) in [5.74, 6) is 0.885. The SMILES string of the molecule is Cc1c(C(=O)N(C)[C@H]2CCOC2)sc2ncnc(NCCC3=CCCCC3)c12. The fourth-order valence-electron chi connectivity index (χ4n) is 4.04. The Morgan fingerprint density at radius 1 is 1.39 bits per heavy atom. The zero-order valence-corrected chi connectivity index (χ0v) is 17.5. The molecule has 0 unspecified atom stereocenters. The zero-order valence-electron chi connectivity index (χ0n) is 16.7. The summed E-state index contributed by atoms with van der Waals surface area (Å²) >= 11 is 1.46. The molecule has 4 rings (SSSR count). The van der Waals surface area contributed by atoms with Gasteiger partial charge >= 0.3 is 0 Å². The zero-order chi connectivity index (χ0) is 19.5. The van der Waals surface area contributed by atoms with Crippen LogP contribution in [0.25, 0.3) is 10.2 Å². The van der Waals surface area contributed by atoms with E-state index < -0.39 is 0 Å². The van der Waals surface area contributed by atoms with Gasteiger partial charge in [0.05, 0.1) is 22.9 Å². The minimum Gasteiger partial charge on any atom is -0.379 e. The number of hydrogen-bond donors (Lipinski definition) is 1. The molecule has 1 aliphatic carbocycles. The van der Waals surface area contributed by atoms with E-state index in [1.165, 1.54) is 37.0 Å². The third-order valence-electron chi connectivity index (χ3n) is 5.82. The number of amides is 1. The minimum absolute atomic E-state index is 0.0503. The Morgan fingerprint density at radius 3 is 3.04 bits per heavy atom. The van der Waals surface area contributed by atoms with Gasteiger partial charge in [0.1, 0.15) is 17.0 Å². The number of likely N-dealkylation sites (N-methyl/N-ethyl adjacent to an activating group) is 1. The van der Waals surface area contributed by atoms with Crippen molar-refractivity contribution in [1.82, 2.24) is 14.9 Å². The predicted octanol–water partition coefficient (Wildman–Crippen LogP) is 4.16. The summed E-state index contributed by atoms with van der Waals surface area (Å²) in [6.07, 6.45) is 11.0. The van der Waals surface area contributed by atoms with Crippen molar-refractivity contribution in [3.05, 3.63) is 28.4 Å². The maximum Gasteiger partial charge on any atom is 0.264 e. The number of nitrogens with one attached hydrogen (secondary N) is 1. The molecule has 0 bridgehead atoms. The molecular weight excluding hydrogens is 372 g/mol. The Kier molecular flexibility index (Phi) is 5.92. The van der Waals surface area contributed by atoms with E-state index in [4.69, 9.17) is 4.74 Å². The molecule has 0 saturated carbocycles. The fraction of sp³-hybridized carbons (Fsp3) is 0.571. The Morgan fingerprint density at radius 2 is 2.29 bits per heavy atom. The number of allylic oxidation sites excluding steroid dienone is 1. The number of aryl methyl sites for hydroxylation is 1. The average molecular weight is 401 g/mol. The molecule has 2 aromatic rings. The highest BCUT2D eigenvalue weighted by atomic mass is 32.1. The molecule has 7 heteroatoms. The molecule has 0 spiro atoms. The summed E-state index contributed by atoms with van der Waals surface area (Å²) in [5, 5.41) is 4.46. The first kappa shape index (κ1) is 19.3. The third-order valence-corrected chi connectivity index (χ3v) is 7.01. The first-order valence-corrected chi connectivity index (χ1v) is 11.0. The summed E-state index contributed by atoms with van der Waals surface area (Å²) < 4.78 is 5.44. The summed E-state index contributed by atoms with van der Waals surface area (Å²) in [7, 11) is 1.87. The molecule has 1 fully saturated rings. The standard InChI is InChI=1S/C21H28N4O2S/c1-14-17-19(22-10-8-15-6-4-3-5-7-15)23-13-24-20(17)28-18(14)21(26)25(2)16-9-11-27-12-16/h6,13,16H,3-5,7-12H2,1-2H3,(H,22,23,24)/t16-/m0/s1. The van der Waals surface area contributed by atoms with Crippen LogP contribution >= 0.6 is 11.3 Å². The van der Waals surface area contributed by atoms with Crippen molar-refractivity contribution < 1.29 is 9.53 Å². The van der Waals surface area contributed by atoms with Gasteiger partial charge in [-0.2, -0.15) is 0 Å². The van der Waals surface area contributed by atoms with E-state index in [1.54, 1.807) is 11.9 Å². The summed E-state index contributed by atoms with van der Waals surface area (Å²) in [4.78, 5) is 25.4. The van der Waals surface area contributed by atoms with Crippen LogP contribution in [0.3, 0.4) is 0 Å². The largest absolute Gasteiger partial charge is 0.379 e.